The molecule has 1 nitrogen and oxygen atoms in total. The fourth-order valence-electron chi connectivity index (χ4n) is 6.26. The van der Waals surface area contributed by atoms with Gasteiger partial charge >= 0.3 is 0 Å². The Balaban J connectivity index is 1.94. The molecule has 1 aromatic heterocycles. The molecule has 1 heteroatoms. The number of unbranched alkanes of at least 4 members (excludes halogenated alkanes) is 1. The Bertz CT molecular complexity index is 1190. The lowest BCUT2D eigenvalue weighted by atomic mass is 9.62. The summed E-state index contributed by atoms with van der Waals surface area (Å²) in [5.74, 6) is 0. The van der Waals surface area contributed by atoms with Crippen LogP contribution in [0.1, 0.15) is 82.6 Å². The largest absolute Gasteiger partial charge is 0.226 e. The highest BCUT2D eigenvalue weighted by Gasteiger charge is 2.50. The molecule has 0 atom stereocenters. The first-order valence-electron chi connectivity index (χ1n) is 11.8. The quantitative estimate of drug-likeness (QED) is 0.398. The monoisotopic (exact) mass is 396 g/mol. The summed E-state index contributed by atoms with van der Waals surface area (Å²) in [5, 5.41) is 2.82. The van der Waals surface area contributed by atoms with Crippen molar-refractivity contribution in [2.75, 3.05) is 0 Å². The standard InChI is InChI=1S/C29H34N/c1-7-10-12-20-17-21-15-16-30-19(4)29(8-2,9-3)23-14-11-13-22-26(23)27(30)25(21)24(18-20)28(22,5)6/h11,13-18H,4,7-10,12H2,1-3,5-6H3/q+1. The van der Waals surface area contributed by atoms with E-state index in [-0.39, 0.29) is 10.8 Å². The van der Waals surface area contributed by atoms with Gasteiger partial charge in [0.1, 0.15) is 0 Å². The summed E-state index contributed by atoms with van der Waals surface area (Å²) in [6.07, 6.45) is 8.08. The fraction of sp³-hybridized carbons (Fsp3) is 0.414. The minimum absolute atomic E-state index is 0.00529. The molecule has 0 bridgehead atoms. The van der Waals surface area contributed by atoms with Crippen LogP contribution in [0, 0.1) is 0 Å². The molecule has 0 saturated carbocycles. The van der Waals surface area contributed by atoms with E-state index in [4.69, 9.17) is 0 Å². The van der Waals surface area contributed by atoms with Crippen molar-refractivity contribution < 1.29 is 4.57 Å². The lowest BCUT2D eigenvalue weighted by Crippen LogP contribution is -2.50. The molecule has 2 aromatic carbocycles. The van der Waals surface area contributed by atoms with E-state index in [0.717, 1.165) is 19.3 Å². The van der Waals surface area contributed by atoms with Crippen LogP contribution in [0.5, 0.6) is 0 Å². The third kappa shape index (κ3) is 2.27. The maximum Gasteiger partial charge on any atom is 0.226 e. The molecule has 1 aliphatic carbocycles. The summed E-state index contributed by atoms with van der Waals surface area (Å²) in [7, 11) is 0. The molecular weight excluding hydrogens is 362 g/mol. The van der Waals surface area contributed by atoms with Crippen molar-refractivity contribution in [1.29, 1.82) is 0 Å². The van der Waals surface area contributed by atoms with Gasteiger partial charge in [-0.2, -0.15) is 4.57 Å². The second-order valence-electron chi connectivity index (χ2n) is 9.83. The highest BCUT2D eigenvalue weighted by molar-refractivity contribution is 6.02. The zero-order valence-corrected chi connectivity index (χ0v) is 19.2. The Kier molecular flexibility index (Phi) is 4.26. The maximum absolute atomic E-state index is 4.66. The zero-order valence-electron chi connectivity index (χ0n) is 19.2. The van der Waals surface area contributed by atoms with Gasteiger partial charge in [-0.3, -0.25) is 0 Å². The van der Waals surface area contributed by atoms with Crippen LogP contribution in [0.3, 0.4) is 0 Å². The third-order valence-corrected chi connectivity index (χ3v) is 8.14. The van der Waals surface area contributed by atoms with Gasteiger partial charge in [-0.05, 0) is 59.9 Å². The first-order chi connectivity index (χ1) is 14.4. The van der Waals surface area contributed by atoms with E-state index < -0.39 is 0 Å². The van der Waals surface area contributed by atoms with Crippen LogP contribution >= 0.6 is 0 Å². The highest BCUT2D eigenvalue weighted by atomic mass is 15.0. The lowest BCUT2D eigenvalue weighted by molar-refractivity contribution is -0.576. The Labute approximate surface area is 181 Å². The van der Waals surface area contributed by atoms with Crippen LogP contribution in [-0.4, -0.2) is 0 Å². The Morgan fingerprint density at radius 1 is 0.933 bits per heavy atom. The second kappa shape index (κ2) is 6.54. The number of aryl methyl sites for hydroxylation is 1. The van der Waals surface area contributed by atoms with Crippen molar-refractivity contribution in [2.24, 2.45) is 0 Å². The van der Waals surface area contributed by atoms with E-state index in [1.54, 1.807) is 0 Å². The summed E-state index contributed by atoms with van der Waals surface area (Å²) in [6.45, 7) is 16.4. The predicted molar refractivity (Wildman–Crippen MR) is 128 cm³/mol. The van der Waals surface area contributed by atoms with Gasteiger partial charge < -0.3 is 0 Å². The first kappa shape index (κ1) is 19.5. The minimum Gasteiger partial charge on any atom is -0.163 e. The zero-order chi connectivity index (χ0) is 21.3. The van der Waals surface area contributed by atoms with Crippen molar-refractivity contribution in [1.82, 2.24) is 0 Å². The molecule has 0 unspecified atom stereocenters. The van der Waals surface area contributed by atoms with E-state index in [0.29, 0.717) is 0 Å². The van der Waals surface area contributed by atoms with Crippen LogP contribution < -0.4 is 4.57 Å². The number of pyridine rings is 1. The molecule has 0 amide bonds. The van der Waals surface area contributed by atoms with E-state index in [9.17, 15) is 0 Å². The highest BCUT2D eigenvalue weighted by Crippen LogP contribution is 2.55. The van der Waals surface area contributed by atoms with Crippen molar-refractivity contribution >= 4 is 16.5 Å². The van der Waals surface area contributed by atoms with E-state index >= 15 is 0 Å². The average molecular weight is 397 g/mol. The van der Waals surface area contributed by atoms with Gasteiger partial charge in [0.05, 0.1) is 16.4 Å². The second-order valence-corrected chi connectivity index (χ2v) is 9.83. The smallest absolute Gasteiger partial charge is 0.163 e. The minimum atomic E-state index is -0.0100. The molecule has 0 saturated heterocycles. The number of aromatic nitrogens is 1. The Morgan fingerprint density at radius 3 is 2.37 bits per heavy atom. The summed E-state index contributed by atoms with van der Waals surface area (Å²) in [4.78, 5) is 0. The molecule has 5 rings (SSSR count). The van der Waals surface area contributed by atoms with Crippen LogP contribution in [0.15, 0.2) is 49.2 Å². The number of rotatable bonds is 5. The van der Waals surface area contributed by atoms with Crippen LogP contribution in [0.4, 0.5) is 0 Å². The SMILES string of the molecule is C=C1[n+]2ccc3cc(CCCC)cc4c3c2-c2c(cccc2C4(C)C)C1(CC)CC. The molecule has 2 aliphatic rings. The van der Waals surface area contributed by atoms with Gasteiger partial charge in [0.25, 0.3) is 0 Å². The number of allylic oxidation sites excluding steroid dienone is 1. The molecule has 2 heterocycles. The summed E-state index contributed by atoms with van der Waals surface area (Å²) in [6, 6.07) is 14.3. The fourth-order valence-corrected chi connectivity index (χ4v) is 6.26. The van der Waals surface area contributed by atoms with Crippen LogP contribution in [-0.2, 0) is 17.3 Å². The number of hydrogen-bond donors (Lipinski definition) is 0. The summed E-state index contributed by atoms with van der Waals surface area (Å²) < 4.78 is 2.42. The Hall–Kier alpha value is -2.41. The normalized spacial score (nSPS) is 17.4. The molecule has 0 fully saturated rings. The number of nitrogens with zero attached hydrogens (tertiary/aromatic N) is 1. The van der Waals surface area contributed by atoms with Gasteiger partial charge in [0, 0.05) is 11.5 Å². The molecular formula is C29H34N+. The molecule has 30 heavy (non-hydrogen) atoms. The van der Waals surface area contributed by atoms with Gasteiger partial charge in [0.15, 0.2) is 11.9 Å². The Morgan fingerprint density at radius 2 is 1.67 bits per heavy atom. The summed E-state index contributed by atoms with van der Waals surface area (Å²) in [5.41, 5.74) is 9.98. The average Bonchev–Trinajstić information content (AvgIpc) is 2.76. The maximum atomic E-state index is 4.66. The molecule has 0 spiro atoms. The molecule has 0 N–H and O–H groups in total. The molecule has 3 aromatic rings. The van der Waals surface area contributed by atoms with E-state index in [1.165, 1.54) is 62.8 Å². The first-order valence-corrected chi connectivity index (χ1v) is 11.8. The lowest BCUT2D eigenvalue weighted by Gasteiger charge is -2.42. The predicted octanol–water partition coefficient (Wildman–Crippen LogP) is 7.32. The van der Waals surface area contributed by atoms with Crippen LogP contribution in [0.25, 0.3) is 27.7 Å². The topological polar surface area (TPSA) is 3.88 Å². The van der Waals surface area contributed by atoms with E-state index in [1.807, 2.05) is 0 Å². The van der Waals surface area contributed by atoms with Gasteiger partial charge in [0.2, 0.25) is 5.69 Å². The van der Waals surface area contributed by atoms with Gasteiger partial charge in [-0.25, -0.2) is 0 Å². The molecule has 1 aliphatic heterocycles. The van der Waals surface area contributed by atoms with Gasteiger partial charge in [-0.15, -0.1) is 0 Å². The van der Waals surface area contributed by atoms with Gasteiger partial charge in [-0.1, -0.05) is 71.4 Å². The van der Waals surface area contributed by atoms with Crippen molar-refractivity contribution in [3.05, 3.63) is 71.4 Å². The summed E-state index contributed by atoms with van der Waals surface area (Å²) >= 11 is 0. The van der Waals surface area contributed by atoms with Crippen molar-refractivity contribution in [3.63, 3.8) is 0 Å². The molecule has 0 radical (unpaired) electrons. The van der Waals surface area contributed by atoms with Crippen molar-refractivity contribution in [2.45, 2.75) is 77.6 Å². The van der Waals surface area contributed by atoms with E-state index in [2.05, 4.69) is 88.4 Å². The number of benzene rings is 2. The number of hydrogen-bond acceptors (Lipinski definition) is 0. The van der Waals surface area contributed by atoms with Crippen LogP contribution in [0.2, 0.25) is 0 Å². The molecule has 154 valence electrons. The van der Waals surface area contributed by atoms with Crippen molar-refractivity contribution in [3.8, 4) is 11.3 Å². The third-order valence-electron chi connectivity index (χ3n) is 8.14.